The van der Waals surface area contributed by atoms with Crippen LogP contribution in [0, 0.1) is 5.92 Å². The molecule has 0 N–H and O–H groups in total. The fraction of sp³-hybridized carbons (Fsp3) is 1.00. The lowest BCUT2D eigenvalue weighted by Crippen LogP contribution is -2.27. The number of hydrogen-bond acceptors (Lipinski definition) is 2. The van der Waals surface area contributed by atoms with Gasteiger partial charge in [0, 0.05) is 13.7 Å². The predicted molar refractivity (Wildman–Crippen MR) is 40.0 cm³/mol. The van der Waals surface area contributed by atoms with Gasteiger partial charge in [0.1, 0.15) is 0 Å². The minimum Gasteiger partial charge on any atom is -0.382 e. The van der Waals surface area contributed by atoms with E-state index in [0.29, 0.717) is 6.10 Å². The molecule has 0 aromatic heterocycles. The molecule has 0 aromatic carbocycles. The Balaban J connectivity index is 2.18. The molecule has 2 atom stereocenters. The molecule has 0 unspecified atom stereocenters. The van der Waals surface area contributed by atoms with Gasteiger partial charge in [-0.05, 0) is 18.8 Å². The molecule has 1 rings (SSSR count). The topological polar surface area (TPSA) is 18.5 Å². The Bertz CT molecular complexity index is 91.3. The highest BCUT2D eigenvalue weighted by Crippen LogP contribution is 2.18. The average Bonchev–Trinajstić information content (AvgIpc) is 1.88. The van der Waals surface area contributed by atoms with E-state index in [9.17, 15) is 0 Å². The lowest BCUT2D eigenvalue weighted by atomic mass is 9.98. The smallest absolute Gasteiger partial charge is 0.0810 e. The van der Waals surface area contributed by atoms with Crippen molar-refractivity contribution in [2.45, 2.75) is 25.9 Å². The summed E-state index contributed by atoms with van der Waals surface area (Å²) < 4.78 is 10.5. The third-order valence-electron chi connectivity index (χ3n) is 1.98. The first-order valence-corrected chi connectivity index (χ1v) is 3.93. The van der Waals surface area contributed by atoms with Crippen molar-refractivity contribution < 1.29 is 9.47 Å². The van der Waals surface area contributed by atoms with Crippen molar-refractivity contribution >= 4 is 0 Å². The van der Waals surface area contributed by atoms with Crippen LogP contribution < -0.4 is 0 Å². The summed E-state index contributed by atoms with van der Waals surface area (Å²) in [5, 5.41) is 0. The zero-order valence-corrected chi connectivity index (χ0v) is 6.80. The molecule has 0 amide bonds. The van der Waals surface area contributed by atoms with Gasteiger partial charge in [0.2, 0.25) is 0 Å². The zero-order valence-electron chi connectivity index (χ0n) is 6.80. The van der Waals surface area contributed by atoms with Crippen molar-refractivity contribution in [2.75, 3.05) is 20.3 Å². The highest BCUT2D eigenvalue weighted by molar-refractivity contribution is 4.67. The minimum atomic E-state index is 0.355. The third-order valence-corrected chi connectivity index (χ3v) is 1.98. The molecule has 2 nitrogen and oxygen atoms in total. The van der Waals surface area contributed by atoms with Crippen LogP contribution in [0.1, 0.15) is 19.8 Å². The Hall–Kier alpha value is -0.0800. The summed E-state index contributed by atoms with van der Waals surface area (Å²) in [5.41, 5.74) is 0. The van der Waals surface area contributed by atoms with Gasteiger partial charge in [-0.3, -0.25) is 0 Å². The first-order valence-electron chi connectivity index (χ1n) is 3.93. The van der Waals surface area contributed by atoms with E-state index < -0.39 is 0 Å². The molecule has 0 radical (unpaired) electrons. The van der Waals surface area contributed by atoms with Crippen molar-refractivity contribution in [2.24, 2.45) is 5.92 Å². The van der Waals surface area contributed by atoms with Gasteiger partial charge < -0.3 is 9.47 Å². The molecule has 0 saturated carbocycles. The van der Waals surface area contributed by atoms with Gasteiger partial charge in [0.25, 0.3) is 0 Å². The van der Waals surface area contributed by atoms with Crippen LogP contribution >= 0.6 is 0 Å². The molecule has 10 heavy (non-hydrogen) atoms. The van der Waals surface area contributed by atoms with Crippen LogP contribution in [0.15, 0.2) is 0 Å². The standard InChI is InChI=1S/C8H16O2/c1-7-3-4-10-8(5-7)6-9-2/h7-8H,3-6H2,1-2H3/t7-,8+/m1/s1. The van der Waals surface area contributed by atoms with Crippen LogP contribution in [0.2, 0.25) is 0 Å². The van der Waals surface area contributed by atoms with E-state index in [1.165, 1.54) is 6.42 Å². The van der Waals surface area contributed by atoms with Crippen LogP contribution in [0.3, 0.4) is 0 Å². The molecule has 2 heteroatoms. The van der Waals surface area contributed by atoms with Crippen LogP contribution in [-0.4, -0.2) is 26.4 Å². The van der Waals surface area contributed by atoms with Crippen LogP contribution in [-0.2, 0) is 9.47 Å². The molecule has 1 aliphatic heterocycles. The van der Waals surface area contributed by atoms with E-state index in [2.05, 4.69) is 6.92 Å². The second kappa shape index (κ2) is 3.94. The maximum atomic E-state index is 5.46. The summed E-state index contributed by atoms with van der Waals surface area (Å²) in [4.78, 5) is 0. The van der Waals surface area contributed by atoms with E-state index in [0.717, 1.165) is 25.6 Å². The number of methoxy groups -OCH3 is 1. The first kappa shape index (κ1) is 8.02. The van der Waals surface area contributed by atoms with Crippen LogP contribution in [0.25, 0.3) is 0 Å². The Kier molecular flexibility index (Phi) is 3.16. The van der Waals surface area contributed by atoms with Crippen molar-refractivity contribution in [3.8, 4) is 0 Å². The Morgan fingerprint density at radius 3 is 3.00 bits per heavy atom. The van der Waals surface area contributed by atoms with Gasteiger partial charge in [-0.2, -0.15) is 0 Å². The Labute approximate surface area is 62.5 Å². The average molecular weight is 144 g/mol. The molecule has 0 aliphatic carbocycles. The molecule has 0 aromatic rings. The van der Waals surface area contributed by atoms with Crippen molar-refractivity contribution in [3.05, 3.63) is 0 Å². The molecule has 1 saturated heterocycles. The predicted octanol–water partition coefficient (Wildman–Crippen LogP) is 1.45. The SMILES string of the molecule is COC[C@@H]1C[C@H](C)CCO1. The zero-order chi connectivity index (χ0) is 7.40. The minimum absolute atomic E-state index is 0.355. The highest BCUT2D eigenvalue weighted by Gasteiger charge is 2.18. The van der Waals surface area contributed by atoms with Gasteiger partial charge in [0.15, 0.2) is 0 Å². The second-order valence-corrected chi connectivity index (χ2v) is 3.08. The molecular weight excluding hydrogens is 128 g/mol. The monoisotopic (exact) mass is 144 g/mol. The number of ether oxygens (including phenoxy) is 2. The summed E-state index contributed by atoms with van der Waals surface area (Å²) in [6, 6.07) is 0. The molecule has 0 bridgehead atoms. The first-order chi connectivity index (χ1) is 4.83. The Morgan fingerprint density at radius 1 is 1.60 bits per heavy atom. The largest absolute Gasteiger partial charge is 0.382 e. The molecule has 1 heterocycles. The lowest BCUT2D eigenvalue weighted by Gasteiger charge is -2.26. The lowest BCUT2D eigenvalue weighted by molar-refractivity contribution is -0.0445. The fourth-order valence-electron chi connectivity index (χ4n) is 1.37. The van der Waals surface area contributed by atoms with E-state index in [4.69, 9.17) is 9.47 Å². The normalized spacial score (nSPS) is 34.2. The van der Waals surface area contributed by atoms with Crippen molar-refractivity contribution in [1.82, 2.24) is 0 Å². The maximum absolute atomic E-state index is 5.46. The van der Waals surface area contributed by atoms with Crippen LogP contribution in [0.5, 0.6) is 0 Å². The van der Waals surface area contributed by atoms with E-state index in [-0.39, 0.29) is 0 Å². The molecule has 0 spiro atoms. The second-order valence-electron chi connectivity index (χ2n) is 3.08. The van der Waals surface area contributed by atoms with Gasteiger partial charge in [-0.15, -0.1) is 0 Å². The third kappa shape index (κ3) is 2.27. The van der Waals surface area contributed by atoms with Crippen LogP contribution in [0.4, 0.5) is 0 Å². The van der Waals surface area contributed by atoms with E-state index in [1.54, 1.807) is 7.11 Å². The number of rotatable bonds is 2. The summed E-state index contributed by atoms with van der Waals surface area (Å²) in [6.07, 6.45) is 2.72. The van der Waals surface area contributed by atoms with E-state index in [1.807, 2.05) is 0 Å². The van der Waals surface area contributed by atoms with Crippen molar-refractivity contribution in [3.63, 3.8) is 0 Å². The van der Waals surface area contributed by atoms with Crippen molar-refractivity contribution in [1.29, 1.82) is 0 Å². The van der Waals surface area contributed by atoms with Gasteiger partial charge in [0.05, 0.1) is 12.7 Å². The molecular formula is C8H16O2. The molecule has 60 valence electrons. The fourth-order valence-corrected chi connectivity index (χ4v) is 1.37. The van der Waals surface area contributed by atoms with Gasteiger partial charge >= 0.3 is 0 Å². The Morgan fingerprint density at radius 2 is 2.40 bits per heavy atom. The van der Waals surface area contributed by atoms with E-state index >= 15 is 0 Å². The summed E-state index contributed by atoms with van der Waals surface area (Å²) in [6.45, 7) is 3.94. The summed E-state index contributed by atoms with van der Waals surface area (Å²) >= 11 is 0. The highest BCUT2D eigenvalue weighted by atomic mass is 16.5. The summed E-state index contributed by atoms with van der Waals surface area (Å²) in [7, 11) is 1.72. The molecule has 1 fully saturated rings. The molecule has 1 aliphatic rings. The van der Waals surface area contributed by atoms with Gasteiger partial charge in [-0.1, -0.05) is 6.92 Å². The van der Waals surface area contributed by atoms with Gasteiger partial charge in [-0.25, -0.2) is 0 Å². The maximum Gasteiger partial charge on any atom is 0.0810 e. The quantitative estimate of drug-likeness (QED) is 0.584. The number of hydrogen-bond donors (Lipinski definition) is 0. The summed E-state index contributed by atoms with van der Waals surface area (Å²) in [5.74, 6) is 0.814.